The second-order valence-corrected chi connectivity index (χ2v) is 9.21. The Labute approximate surface area is 211 Å². The van der Waals surface area contributed by atoms with Crippen molar-refractivity contribution in [2.45, 2.75) is 32.0 Å². The number of amides is 1. The lowest BCUT2D eigenvalue weighted by Crippen LogP contribution is -2.50. The summed E-state index contributed by atoms with van der Waals surface area (Å²) in [5, 5.41) is 14.3. The van der Waals surface area contributed by atoms with Gasteiger partial charge in [0.2, 0.25) is 5.91 Å². The molecular weight excluding hydrogens is 491 g/mol. The van der Waals surface area contributed by atoms with E-state index in [0.29, 0.717) is 51.1 Å². The van der Waals surface area contributed by atoms with Crippen LogP contribution in [0, 0.1) is 17.2 Å². The smallest absolute Gasteiger partial charge is 0.379 e. The van der Waals surface area contributed by atoms with Crippen molar-refractivity contribution in [3.63, 3.8) is 0 Å². The summed E-state index contributed by atoms with van der Waals surface area (Å²) in [6.07, 6.45) is -0.987. The lowest BCUT2D eigenvalue weighted by atomic mass is 10.1. The molecule has 2 atom stereocenters. The van der Waals surface area contributed by atoms with Crippen molar-refractivity contribution < 1.29 is 22.7 Å². The Morgan fingerprint density at radius 1 is 1.24 bits per heavy atom. The lowest BCUT2D eigenvalue weighted by Gasteiger charge is -2.36. The van der Waals surface area contributed by atoms with Crippen molar-refractivity contribution in [3.8, 4) is 6.07 Å². The summed E-state index contributed by atoms with van der Waals surface area (Å²) in [6, 6.07) is 5.18. The lowest BCUT2D eigenvalue weighted by molar-refractivity contribution is -0.139. The summed E-state index contributed by atoms with van der Waals surface area (Å²) in [5.74, 6) is 0.295. The molecule has 2 aromatic heterocycles. The zero-order chi connectivity index (χ0) is 26.6. The predicted molar refractivity (Wildman–Crippen MR) is 128 cm³/mol. The summed E-state index contributed by atoms with van der Waals surface area (Å²) in [4.78, 5) is 34.4. The van der Waals surface area contributed by atoms with Crippen LogP contribution in [0.25, 0.3) is 0 Å². The highest BCUT2D eigenvalue weighted by Gasteiger charge is 2.40. The predicted octanol–water partition coefficient (Wildman–Crippen LogP) is 2.03. The monoisotopic (exact) mass is 519 g/mol. The van der Waals surface area contributed by atoms with E-state index >= 15 is 0 Å². The standard InChI is InChI=1S/C24H28F3N7O3/c1-16(23(36)33-9-7-32(8-10-33)20-5-4-17(11-28)12-29-20)14-37-15-18-3-2-6-34(18)19-13-30-31-22(35)21(19)24(25,26)27/h4-5,12-13,16,18H,2-3,6-10,14-15H2,1H3,(H,31,35)/t16-,18+/m1/s1. The maximum atomic E-state index is 13.5. The second-order valence-electron chi connectivity index (χ2n) is 9.21. The molecular formula is C24H28F3N7O3. The van der Waals surface area contributed by atoms with Crippen molar-refractivity contribution in [3.05, 3.63) is 46.0 Å². The average molecular weight is 520 g/mol. The summed E-state index contributed by atoms with van der Waals surface area (Å²) in [6.45, 7) is 4.68. The molecule has 2 fully saturated rings. The van der Waals surface area contributed by atoms with Gasteiger partial charge in [-0.2, -0.15) is 23.5 Å². The molecule has 0 aromatic carbocycles. The van der Waals surface area contributed by atoms with Crippen LogP contribution in [0.3, 0.4) is 0 Å². The molecule has 0 radical (unpaired) electrons. The van der Waals surface area contributed by atoms with E-state index in [1.807, 2.05) is 11.2 Å². The van der Waals surface area contributed by atoms with E-state index in [1.165, 1.54) is 11.1 Å². The van der Waals surface area contributed by atoms with Crippen molar-refractivity contribution in [2.24, 2.45) is 5.92 Å². The largest absolute Gasteiger partial charge is 0.423 e. The van der Waals surface area contributed by atoms with Crippen LogP contribution in [-0.4, -0.2) is 78.0 Å². The van der Waals surface area contributed by atoms with Crippen LogP contribution in [0.1, 0.15) is 30.9 Å². The third-order valence-corrected chi connectivity index (χ3v) is 6.70. The number of H-pyrrole nitrogens is 1. The number of alkyl halides is 3. The van der Waals surface area contributed by atoms with Gasteiger partial charge in [0.05, 0.1) is 42.6 Å². The van der Waals surface area contributed by atoms with Crippen LogP contribution in [0.4, 0.5) is 24.7 Å². The van der Waals surface area contributed by atoms with Crippen LogP contribution in [0.5, 0.6) is 0 Å². The molecule has 2 aromatic rings. The molecule has 2 aliphatic heterocycles. The van der Waals surface area contributed by atoms with Crippen LogP contribution in [-0.2, 0) is 15.7 Å². The van der Waals surface area contributed by atoms with Crippen molar-refractivity contribution in [1.82, 2.24) is 20.1 Å². The SMILES string of the molecule is C[C@H](COC[C@@H]1CCCN1c1cn[nH]c(=O)c1C(F)(F)F)C(=O)N1CCN(c2ccc(C#N)cn2)CC1. The van der Waals surface area contributed by atoms with Gasteiger partial charge in [0, 0.05) is 38.9 Å². The maximum absolute atomic E-state index is 13.5. The summed E-state index contributed by atoms with van der Waals surface area (Å²) in [7, 11) is 0. The van der Waals surface area contributed by atoms with E-state index in [1.54, 1.807) is 24.0 Å². The number of rotatable bonds is 7. The molecule has 0 saturated carbocycles. The minimum Gasteiger partial charge on any atom is -0.379 e. The second kappa shape index (κ2) is 11.2. The molecule has 0 unspecified atom stereocenters. The molecule has 198 valence electrons. The first-order chi connectivity index (χ1) is 17.7. The fraction of sp³-hybridized carbons (Fsp3) is 0.542. The number of halogens is 3. The third-order valence-electron chi connectivity index (χ3n) is 6.70. The zero-order valence-electron chi connectivity index (χ0n) is 20.4. The molecule has 2 saturated heterocycles. The van der Waals surface area contributed by atoms with Gasteiger partial charge >= 0.3 is 6.18 Å². The van der Waals surface area contributed by atoms with Crippen molar-refractivity contribution in [2.75, 3.05) is 55.7 Å². The minimum atomic E-state index is -4.80. The number of hydrogen-bond acceptors (Lipinski definition) is 8. The van der Waals surface area contributed by atoms with Crippen molar-refractivity contribution >= 4 is 17.4 Å². The van der Waals surface area contributed by atoms with E-state index < -0.39 is 23.2 Å². The number of nitriles is 1. The Kier molecular flexibility index (Phi) is 7.97. The number of hydrogen-bond donors (Lipinski definition) is 1. The van der Waals surface area contributed by atoms with Gasteiger partial charge < -0.3 is 19.4 Å². The highest BCUT2D eigenvalue weighted by molar-refractivity contribution is 5.79. The first-order valence-corrected chi connectivity index (χ1v) is 12.1. The fourth-order valence-corrected chi connectivity index (χ4v) is 4.77. The van der Waals surface area contributed by atoms with Crippen LogP contribution in [0.15, 0.2) is 29.3 Å². The van der Waals surface area contributed by atoms with Gasteiger partial charge in [-0.25, -0.2) is 10.1 Å². The highest BCUT2D eigenvalue weighted by Crippen LogP contribution is 2.36. The van der Waals surface area contributed by atoms with E-state index in [4.69, 9.17) is 10.00 Å². The summed E-state index contributed by atoms with van der Waals surface area (Å²) >= 11 is 0. The Morgan fingerprint density at radius 3 is 2.65 bits per heavy atom. The van der Waals surface area contributed by atoms with Crippen LogP contribution >= 0.6 is 0 Å². The highest BCUT2D eigenvalue weighted by atomic mass is 19.4. The molecule has 1 N–H and O–H groups in total. The number of anilines is 2. The van der Waals surface area contributed by atoms with Crippen molar-refractivity contribution in [1.29, 1.82) is 5.26 Å². The van der Waals surface area contributed by atoms with Gasteiger partial charge in [-0.3, -0.25) is 9.59 Å². The molecule has 4 heterocycles. The number of nitrogens with zero attached hydrogens (tertiary/aromatic N) is 6. The molecule has 0 spiro atoms. The molecule has 2 aliphatic rings. The zero-order valence-corrected chi connectivity index (χ0v) is 20.4. The van der Waals surface area contributed by atoms with Gasteiger partial charge in [-0.1, -0.05) is 6.92 Å². The maximum Gasteiger partial charge on any atom is 0.423 e. The molecule has 37 heavy (non-hydrogen) atoms. The first kappa shape index (κ1) is 26.4. The van der Waals surface area contributed by atoms with Crippen LogP contribution in [0.2, 0.25) is 0 Å². The summed E-state index contributed by atoms with van der Waals surface area (Å²) < 4.78 is 46.3. The van der Waals surface area contributed by atoms with E-state index in [-0.39, 0.29) is 30.9 Å². The van der Waals surface area contributed by atoms with E-state index in [9.17, 15) is 22.8 Å². The van der Waals surface area contributed by atoms with Gasteiger partial charge in [-0.05, 0) is 25.0 Å². The number of aromatic amines is 1. The Hall–Kier alpha value is -3.66. The van der Waals surface area contributed by atoms with Gasteiger partial charge in [0.1, 0.15) is 17.5 Å². The van der Waals surface area contributed by atoms with E-state index in [2.05, 4.69) is 15.0 Å². The summed E-state index contributed by atoms with van der Waals surface area (Å²) in [5.41, 5.74) is -2.29. The minimum absolute atomic E-state index is 0.0473. The fourth-order valence-electron chi connectivity index (χ4n) is 4.77. The number of aromatic nitrogens is 3. The molecule has 13 heteroatoms. The Bertz CT molecular complexity index is 1190. The van der Waals surface area contributed by atoms with Gasteiger partial charge in [-0.15, -0.1) is 0 Å². The number of carbonyl (C=O) groups excluding carboxylic acids is 1. The van der Waals surface area contributed by atoms with E-state index in [0.717, 1.165) is 12.0 Å². The van der Waals surface area contributed by atoms with Gasteiger partial charge in [0.15, 0.2) is 0 Å². The number of piperazine rings is 1. The third kappa shape index (κ3) is 6.02. The van der Waals surface area contributed by atoms with Crippen LogP contribution < -0.4 is 15.4 Å². The molecule has 4 rings (SSSR count). The first-order valence-electron chi connectivity index (χ1n) is 12.1. The Morgan fingerprint density at radius 2 is 2.00 bits per heavy atom. The number of ether oxygens (including phenoxy) is 1. The Balaban J connectivity index is 1.28. The van der Waals surface area contributed by atoms with Gasteiger partial charge in [0.25, 0.3) is 5.56 Å². The number of carbonyl (C=O) groups is 1. The molecule has 0 bridgehead atoms. The average Bonchev–Trinajstić information content (AvgIpc) is 3.36. The number of nitrogens with one attached hydrogen (secondary N) is 1. The molecule has 10 nitrogen and oxygen atoms in total. The quantitative estimate of drug-likeness (QED) is 0.591. The topological polar surface area (TPSA) is 118 Å². The normalized spacial score (nSPS) is 19.1. The molecule has 0 aliphatic carbocycles. The number of pyridine rings is 1. The molecule has 1 amide bonds.